The molecular weight excluding hydrogens is 354 g/mol. The van der Waals surface area contributed by atoms with Gasteiger partial charge in [-0.3, -0.25) is 9.59 Å². The van der Waals surface area contributed by atoms with Crippen molar-refractivity contribution in [2.24, 2.45) is 0 Å². The first-order valence-electron chi connectivity index (χ1n) is 8.13. The molecule has 0 radical (unpaired) electrons. The number of carbonyl (C=O) groups excluding carboxylic acids is 2. The Labute approximate surface area is 155 Å². The normalized spacial score (nSPS) is 17.4. The Morgan fingerprint density at radius 2 is 2.20 bits per heavy atom. The lowest BCUT2D eigenvalue weighted by molar-refractivity contribution is -0.131. The van der Waals surface area contributed by atoms with E-state index in [0.29, 0.717) is 19.5 Å². The molecule has 0 spiro atoms. The summed E-state index contributed by atoms with van der Waals surface area (Å²) >= 11 is 3.18. The molecule has 1 unspecified atom stereocenters. The van der Waals surface area contributed by atoms with E-state index in [1.807, 2.05) is 35.4 Å². The van der Waals surface area contributed by atoms with E-state index in [1.165, 1.54) is 0 Å². The predicted molar refractivity (Wildman–Crippen MR) is 102 cm³/mol. The summed E-state index contributed by atoms with van der Waals surface area (Å²) in [6.07, 6.45) is 4.07. The van der Waals surface area contributed by atoms with Gasteiger partial charge >= 0.3 is 0 Å². The lowest BCUT2D eigenvalue weighted by Gasteiger charge is -2.20. The zero-order chi connectivity index (χ0) is 18.0. The smallest absolute Gasteiger partial charge is 0.246 e. The SMILES string of the molecule is Cc1nc2c(s1)CN(C(=O)/C=C/c1cccs1)CCC2C(=O)N(C)C. The molecule has 0 saturated carbocycles. The largest absolute Gasteiger partial charge is 0.348 e. The van der Waals surface area contributed by atoms with Gasteiger partial charge < -0.3 is 9.80 Å². The topological polar surface area (TPSA) is 53.5 Å². The summed E-state index contributed by atoms with van der Waals surface area (Å²) in [5, 5.41) is 2.92. The number of nitrogens with zero attached hydrogens (tertiary/aromatic N) is 3. The van der Waals surface area contributed by atoms with Gasteiger partial charge in [-0.25, -0.2) is 4.98 Å². The molecular formula is C18H21N3O2S2. The molecule has 1 aliphatic rings. The molecule has 0 fully saturated rings. The molecule has 1 aliphatic heterocycles. The van der Waals surface area contributed by atoms with Gasteiger partial charge in [0.05, 0.1) is 23.2 Å². The van der Waals surface area contributed by atoms with Crippen molar-refractivity contribution >= 4 is 40.6 Å². The van der Waals surface area contributed by atoms with Crippen LogP contribution in [0.5, 0.6) is 0 Å². The van der Waals surface area contributed by atoms with Gasteiger partial charge in [0.2, 0.25) is 11.8 Å². The summed E-state index contributed by atoms with van der Waals surface area (Å²) in [5.41, 5.74) is 0.846. The number of carbonyl (C=O) groups is 2. The Bertz CT molecular complexity index is 793. The minimum Gasteiger partial charge on any atom is -0.348 e. The number of rotatable bonds is 3. The third-order valence-electron chi connectivity index (χ3n) is 4.17. The van der Waals surface area contributed by atoms with Crippen LogP contribution in [-0.4, -0.2) is 47.2 Å². The fourth-order valence-corrected chi connectivity index (χ4v) is 4.56. The number of likely N-dealkylation sites (N-methyl/N-ethyl adjacent to an activating group) is 1. The van der Waals surface area contributed by atoms with E-state index in [-0.39, 0.29) is 17.7 Å². The maximum absolute atomic E-state index is 12.6. The van der Waals surface area contributed by atoms with Crippen LogP contribution in [0, 0.1) is 6.92 Å². The second-order valence-corrected chi connectivity index (χ2v) is 8.49. The summed E-state index contributed by atoms with van der Waals surface area (Å²) in [6.45, 7) is 3.02. The van der Waals surface area contributed by atoms with Crippen molar-refractivity contribution in [3.8, 4) is 0 Å². The third-order valence-corrected chi connectivity index (χ3v) is 5.98. The van der Waals surface area contributed by atoms with Crippen LogP contribution in [0.1, 0.15) is 32.8 Å². The fraction of sp³-hybridized carbons (Fsp3) is 0.389. The molecule has 3 heterocycles. The molecule has 5 nitrogen and oxygen atoms in total. The van der Waals surface area contributed by atoms with Crippen LogP contribution in [0.3, 0.4) is 0 Å². The average Bonchev–Trinajstić information content (AvgIpc) is 3.18. The lowest BCUT2D eigenvalue weighted by atomic mass is 10.00. The molecule has 2 amide bonds. The molecule has 132 valence electrons. The molecule has 3 rings (SSSR count). The van der Waals surface area contributed by atoms with Crippen LogP contribution in [0.2, 0.25) is 0 Å². The predicted octanol–water partition coefficient (Wildman–Crippen LogP) is 3.13. The molecule has 0 saturated heterocycles. The van der Waals surface area contributed by atoms with Crippen LogP contribution >= 0.6 is 22.7 Å². The van der Waals surface area contributed by atoms with Crippen molar-refractivity contribution in [2.45, 2.75) is 25.8 Å². The number of thiazole rings is 1. The Balaban J connectivity index is 1.82. The summed E-state index contributed by atoms with van der Waals surface area (Å²) in [7, 11) is 3.53. The van der Waals surface area contributed by atoms with Crippen LogP contribution < -0.4 is 0 Å². The number of aromatic nitrogens is 1. The number of amides is 2. The summed E-state index contributed by atoms with van der Waals surface area (Å²) < 4.78 is 0. The number of hydrogen-bond acceptors (Lipinski definition) is 5. The lowest BCUT2D eigenvalue weighted by Crippen LogP contribution is -2.31. The van der Waals surface area contributed by atoms with Gasteiger partial charge in [-0.2, -0.15) is 0 Å². The maximum Gasteiger partial charge on any atom is 0.246 e. The van der Waals surface area contributed by atoms with E-state index in [4.69, 9.17) is 0 Å². The van der Waals surface area contributed by atoms with E-state index in [1.54, 1.807) is 47.7 Å². The second kappa shape index (κ2) is 7.49. The highest BCUT2D eigenvalue weighted by molar-refractivity contribution is 7.11. The van der Waals surface area contributed by atoms with Crippen molar-refractivity contribution in [1.82, 2.24) is 14.8 Å². The Morgan fingerprint density at radius 3 is 2.88 bits per heavy atom. The highest BCUT2D eigenvalue weighted by Crippen LogP contribution is 2.33. The first-order valence-corrected chi connectivity index (χ1v) is 9.83. The van der Waals surface area contributed by atoms with Crippen molar-refractivity contribution in [3.63, 3.8) is 0 Å². The summed E-state index contributed by atoms with van der Waals surface area (Å²) in [5.74, 6) is -0.243. The van der Waals surface area contributed by atoms with Crippen LogP contribution in [0.4, 0.5) is 0 Å². The van der Waals surface area contributed by atoms with Crippen molar-refractivity contribution < 1.29 is 9.59 Å². The van der Waals surface area contributed by atoms with Crippen molar-refractivity contribution in [1.29, 1.82) is 0 Å². The molecule has 25 heavy (non-hydrogen) atoms. The zero-order valence-electron chi connectivity index (χ0n) is 14.6. The highest BCUT2D eigenvalue weighted by atomic mass is 32.1. The van der Waals surface area contributed by atoms with Gasteiger partial charge in [-0.15, -0.1) is 22.7 Å². The van der Waals surface area contributed by atoms with E-state index < -0.39 is 0 Å². The van der Waals surface area contributed by atoms with Gasteiger partial charge in [-0.1, -0.05) is 6.07 Å². The van der Waals surface area contributed by atoms with Crippen LogP contribution in [-0.2, 0) is 16.1 Å². The highest BCUT2D eigenvalue weighted by Gasteiger charge is 2.32. The molecule has 0 N–H and O–H groups in total. The van der Waals surface area contributed by atoms with Crippen molar-refractivity contribution in [2.75, 3.05) is 20.6 Å². The average molecular weight is 376 g/mol. The van der Waals surface area contributed by atoms with Gasteiger partial charge in [0.1, 0.15) is 0 Å². The first-order chi connectivity index (χ1) is 12.0. The molecule has 2 aromatic rings. The number of hydrogen-bond donors (Lipinski definition) is 0. The Morgan fingerprint density at radius 1 is 1.40 bits per heavy atom. The van der Waals surface area contributed by atoms with Gasteiger partial charge in [-0.05, 0) is 30.9 Å². The minimum absolute atomic E-state index is 0.0247. The monoisotopic (exact) mass is 375 g/mol. The van der Waals surface area contributed by atoms with Crippen molar-refractivity contribution in [3.05, 3.63) is 44.0 Å². The molecule has 0 aromatic carbocycles. The number of aryl methyl sites for hydroxylation is 1. The van der Waals surface area contributed by atoms with E-state index >= 15 is 0 Å². The first kappa shape index (κ1) is 17.8. The number of thiophene rings is 1. The molecule has 2 aromatic heterocycles. The van der Waals surface area contributed by atoms with E-state index in [9.17, 15) is 9.59 Å². The van der Waals surface area contributed by atoms with Crippen LogP contribution in [0.15, 0.2) is 23.6 Å². The minimum atomic E-state index is -0.269. The van der Waals surface area contributed by atoms with E-state index in [2.05, 4.69) is 4.98 Å². The zero-order valence-corrected chi connectivity index (χ0v) is 16.2. The number of fused-ring (bicyclic) bond motifs is 1. The second-order valence-electron chi connectivity index (χ2n) is 6.22. The fourth-order valence-electron chi connectivity index (χ4n) is 2.93. The molecule has 0 aliphatic carbocycles. The quantitative estimate of drug-likeness (QED) is 0.775. The summed E-state index contributed by atoms with van der Waals surface area (Å²) in [6, 6.07) is 3.94. The van der Waals surface area contributed by atoms with Gasteiger partial charge in [0.25, 0.3) is 0 Å². The molecule has 0 bridgehead atoms. The Hall–Kier alpha value is -1.99. The molecule has 7 heteroatoms. The molecule has 1 atom stereocenters. The Kier molecular flexibility index (Phi) is 5.34. The maximum atomic E-state index is 12.6. The summed E-state index contributed by atoms with van der Waals surface area (Å²) in [4.78, 5) is 35.2. The van der Waals surface area contributed by atoms with E-state index in [0.717, 1.165) is 20.5 Å². The van der Waals surface area contributed by atoms with Gasteiger partial charge in [0.15, 0.2) is 0 Å². The van der Waals surface area contributed by atoms with Crippen LogP contribution in [0.25, 0.3) is 6.08 Å². The third kappa shape index (κ3) is 3.99. The standard InChI is InChI=1S/C18H21N3O2S2/c1-12-19-17-14(18(23)20(2)3)8-9-21(11-15(17)25-12)16(22)7-6-13-5-4-10-24-13/h4-7,10,14H,8-9,11H2,1-3H3/b7-6+. The van der Waals surface area contributed by atoms with Gasteiger partial charge in [0, 0.05) is 36.5 Å².